The number of hydrogen-bond acceptors (Lipinski definition) is 7. The molecule has 0 unspecified atom stereocenters. The summed E-state index contributed by atoms with van der Waals surface area (Å²) in [4.78, 5) is 23.3. The van der Waals surface area contributed by atoms with E-state index in [0.29, 0.717) is 35.3 Å². The Labute approximate surface area is 182 Å². The molecule has 1 amide bonds. The molecular weight excluding hydrogens is 416 g/mol. The van der Waals surface area contributed by atoms with Crippen molar-refractivity contribution in [3.63, 3.8) is 0 Å². The fourth-order valence-corrected chi connectivity index (χ4v) is 4.26. The van der Waals surface area contributed by atoms with Crippen molar-refractivity contribution in [3.05, 3.63) is 75.3 Å². The lowest BCUT2D eigenvalue weighted by Gasteiger charge is -2.10. The van der Waals surface area contributed by atoms with Gasteiger partial charge in [0.1, 0.15) is 17.2 Å². The van der Waals surface area contributed by atoms with Crippen LogP contribution in [0.5, 0.6) is 0 Å². The molecule has 0 fully saturated rings. The van der Waals surface area contributed by atoms with Gasteiger partial charge in [0.2, 0.25) is 5.91 Å². The quantitative estimate of drug-likeness (QED) is 0.331. The van der Waals surface area contributed by atoms with Crippen LogP contribution < -0.4 is 11.4 Å². The van der Waals surface area contributed by atoms with Gasteiger partial charge in [-0.3, -0.25) is 9.36 Å². The van der Waals surface area contributed by atoms with Crippen LogP contribution in [0.3, 0.4) is 0 Å². The van der Waals surface area contributed by atoms with Gasteiger partial charge >= 0.3 is 5.63 Å². The average molecular weight is 439 g/mol. The highest BCUT2D eigenvalue weighted by atomic mass is 32.2. The molecule has 3 heterocycles. The maximum absolute atomic E-state index is 12.1. The first kappa shape index (κ1) is 20.9. The summed E-state index contributed by atoms with van der Waals surface area (Å²) in [5.41, 5.74) is 8.55. The summed E-state index contributed by atoms with van der Waals surface area (Å²) in [5, 5.41) is 10.1. The van der Waals surface area contributed by atoms with Gasteiger partial charge in [0.15, 0.2) is 5.16 Å². The number of aromatic nitrogens is 3. The molecule has 0 spiro atoms. The zero-order valence-corrected chi connectivity index (χ0v) is 18.1. The summed E-state index contributed by atoms with van der Waals surface area (Å²) in [6, 6.07) is 9.13. The minimum absolute atomic E-state index is 0.184. The first-order chi connectivity index (χ1) is 14.9. The fraction of sp³-hybridized carbons (Fsp3) is 0.273. The number of carbonyl (C=O) groups excluding carboxylic acids is 1. The van der Waals surface area contributed by atoms with Crippen molar-refractivity contribution in [3.8, 4) is 0 Å². The van der Waals surface area contributed by atoms with Crippen LogP contribution in [0.4, 0.5) is 0 Å². The summed E-state index contributed by atoms with van der Waals surface area (Å²) in [6.45, 7) is 4.45. The van der Waals surface area contributed by atoms with Gasteiger partial charge in [0, 0.05) is 30.0 Å². The Morgan fingerprint density at radius 3 is 2.74 bits per heavy atom. The standard InChI is InChI=1S/C22H22N4O4S/c1-13-8-17-15(10-21(28)30-18(17)9-14(13)2)12-31-22-25-24-20(6-5-19(23)27)26(22)11-16-4-3-7-29-16/h3-4,7-10H,5-6,11-12H2,1-2H3,(H2,23,27). The molecule has 0 saturated carbocycles. The summed E-state index contributed by atoms with van der Waals surface area (Å²) < 4.78 is 12.8. The van der Waals surface area contributed by atoms with Crippen molar-refractivity contribution < 1.29 is 13.6 Å². The van der Waals surface area contributed by atoms with Crippen molar-refractivity contribution in [1.82, 2.24) is 14.8 Å². The number of aryl methyl sites for hydroxylation is 3. The number of fused-ring (bicyclic) bond motifs is 1. The second-order valence-corrected chi connectivity index (χ2v) is 8.29. The van der Waals surface area contributed by atoms with Gasteiger partial charge in [-0.25, -0.2) is 4.79 Å². The number of furan rings is 1. The Hall–Kier alpha value is -3.33. The number of primary amides is 1. The van der Waals surface area contributed by atoms with E-state index in [0.717, 1.165) is 27.8 Å². The summed E-state index contributed by atoms with van der Waals surface area (Å²) in [6.07, 6.45) is 2.18. The third kappa shape index (κ3) is 4.72. The lowest BCUT2D eigenvalue weighted by molar-refractivity contribution is -0.118. The molecule has 0 bridgehead atoms. The Bertz CT molecular complexity index is 1290. The Balaban J connectivity index is 1.64. The van der Waals surface area contributed by atoms with E-state index in [1.165, 1.54) is 17.8 Å². The smallest absolute Gasteiger partial charge is 0.336 e. The number of nitrogens with two attached hydrogens (primary N) is 1. The Morgan fingerprint density at radius 1 is 1.19 bits per heavy atom. The van der Waals surface area contributed by atoms with E-state index in [1.54, 1.807) is 6.26 Å². The van der Waals surface area contributed by atoms with Crippen molar-refractivity contribution in [1.29, 1.82) is 0 Å². The number of thioether (sulfide) groups is 1. The van der Waals surface area contributed by atoms with Crippen molar-refractivity contribution in [2.75, 3.05) is 0 Å². The van der Waals surface area contributed by atoms with E-state index in [-0.39, 0.29) is 12.0 Å². The van der Waals surface area contributed by atoms with Gasteiger partial charge < -0.3 is 14.6 Å². The number of rotatable bonds is 8. The van der Waals surface area contributed by atoms with E-state index in [2.05, 4.69) is 10.2 Å². The van der Waals surface area contributed by atoms with E-state index < -0.39 is 5.91 Å². The minimum Gasteiger partial charge on any atom is -0.467 e. The predicted molar refractivity (Wildman–Crippen MR) is 117 cm³/mol. The molecule has 0 aliphatic carbocycles. The third-order valence-electron chi connectivity index (χ3n) is 5.08. The zero-order chi connectivity index (χ0) is 22.0. The molecule has 0 atom stereocenters. The van der Waals surface area contributed by atoms with Crippen LogP contribution in [-0.2, 0) is 23.5 Å². The summed E-state index contributed by atoms with van der Waals surface area (Å²) in [7, 11) is 0. The van der Waals surface area contributed by atoms with E-state index in [4.69, 9.17) is 14.6 Å². The lowest BCUT2D eigenvalue weighted by atomic mass is 10.0. The van der Waals surface area contributed by atoms with Gasteiger partial charge in [0.05, 0.1) is 12.8 Å². The number of benzene rings is 1. The highest BCUT2D eigenvalue weighted by molar-refractivity contribution is 7.98. The maximum atomic E-state index is 12.1. The Kier molecular flexibility index (Phi) is 5.94. The fourth-order valence-electron chi connectivity index (χ4n) is 3.31. The third-order valence-corrected chi connectivity index (χ3v) is 6.10. The molecular formula is C22H22N4O4S. The average Bonchev–Trinajstić information content (AvgIpc) is 3.36. The largest absolute Gasteiger partial charge is 0.467 e. The molecule has 3 aromatic heterocycles. The summed E-state index contributed by atoms with van der Waals surface area (Å²) in [5.74, 6) is 1.52. The van der Waals surface area contributed by atoms with E-state index in [1.807, 2.05) is 42.7 Å². The van der Waals surface area contributed by atoms with Crippen LogP contribution in [0, 0.1) is 13.8 Å². The number of carbonyl (C=O) groups is 1. The van der Waals surface area contributed by atoms with E-state index >= 15 is 0 Å². The first-order valence-corrected chi connectivity index (χ1v) is 10.8. The normalized spacial score (nSPS) is 11.3. The number of amides is 1. The Morgan fingerprint density at radius 2 is 2.00 bits per heavy atom. The van der Waals surface area contributed by atoms with Gasteiger partial charge in [-0.2, -0.15) is 0 Å². The molecule has 0 saturated heterocycles. The van der Waals surface area contributed by atoms with Crippen molar-refractivity contribution in [2.24, 2.45) is 5.73 Å². The van der Waals surface area contributed by atoms with Crippen LogP contribution >= 0.6 is 11.8 Å². The zero-order valence-electron chi connectivity index (χ0n) is 17.3. The maximum Gasteiger partial charge on any atom is 0.336 e. The van der Waals surface area contributed by atoms with E-state index in [9.17, 15) is 9.59 Å². The van der Waals surface area contributed by atoms with Crippen LogP contribution in [0.25, 0.3) is 11.0 Å². The molecule has 2 N–H and O–H groups in total. The van der Waals surface area contributed by atoms with Crippen LogP contribution in [-0.4, -0.2) is 20.7 Å². The van der Waals surface area contributed by atoms with Crippen LogP contribution in [0.1, 0.15) is 34.7 Å². The number of hydrogen-bond donors (Lipinski definition) is 1. The second kappa shape index (κ2) is 8.81. The molecule has 0 aliphatic heterocycles. The monoisotopic (exact) mass is 438 g/mol. The first-order valence-electron chi connectivity index (χ1n) is 9.80. The number of nitrogens with zero attached hydrogens (tertiary/aromatic N) is 3. The molecule has 4 aromatic rings. The van der Waals surface area contributed by atoms with Crippen molar-refractivity contribution >= 4 is 28.6 Å². The molecule has 8 nitrogen and oxygen atoms in total. The summed E-state index contributed by atoms with van der Waals surface area (Å²) >= 11 is 1.46. The highest BCUT2D eigenvalue weighted by Gasteiger charge is 2.16. The molecule has 0 radical (unpaired) electrons. The van der Waals surface area contributed by atoms with Crippen molar-refractivity contribution in [2.45, 2.75) is 44.1 Å². The topological polar surface area (TPSA) is 117 Å². The molecule has 0 aliphatic rings. The van der Waals surface area contributed by atoms with Gasteiger partial charge in [0.25, 0.3) is 0 Å². The molecule has 9 heteroatoms. The van der Waals surface area contributed by atoms with Gasteiger partial charge in [-0.15, -0.1) is 10.2 Å². The second-order valence-electron chi connectivity index (χ2n) is 7.34. The minimum atomic E-state index is -0.394. The van der Waals surface area contributed by atoms with Crippen LogP contribution in [0.15, 0.2) is 55.4 Å². The van der Waals surface area contributed by atoms with Gasteiger partial charge in [-0.05, 0) is 54.8 Å². The predicted octanol–water partition coefficient (Wildman–Crippen LogP) is 3.35. The van der Waals surface area contributed by atoms with Gasteiger partial charge in [-0.1, -0.05) is 11.8 Å². The SMILES string of the molecule is Cc1cc2oc(=O)cc(CSc3nnc(CCC(N)=O)n3Cc3ccco3)c2cc1C. The highest BCUT2D eigenvalue weighted by Crippen LogP contribution is 2.28. The lowest BCUT2D eigenvalue weighted by Crippen LogP contribution is -2.14. The molecule has 4 rings (SSSR count). The molecule has 1 aromatic carbocycles. The molecule has 31 heavy (non-hydrogen) atoms. The molecule has 160 valence electrons. The van der Waals surface area contributed by atoms with Crippen LogP contribution in [0.2, 0.25) is 0 Å².